The highest BCUT2D eigenvalue weighted by molar-refractivity contribution is 7.47. The number of hydrogen-bond donors (Lipinski definition) is 2. The Morgan fingerprint density at radius 1 is 0.520 bits per heavy atom. The van der Waals surface area contributed by atoms with Crippen molar-refractivity contribution in [3.8, 4) is 0 Å². The number of esters is 2. The van der Waals surface area contributed by atoms with Crippen LogP contribution < -0.4 is 5.73 Å². The Bertz CT molecular complexity index is 751. The van der Waals surface area contributed by atoms with Gasteiger partial charge in [-0.1, -0.05) is 168 Å². The SMILES string of the molecule is CCCCCCCCCCCCCCCC(=O)OCCC(CCOC(=O)CCCCCCCCCCCCCCC)COP(=O)(O)OCCN. The molecule has 0 amide bonds. The largest absolute Gasteiger partial charge is 0.472 e. The number of carbonyl (C=O) groups excluding carboxylic acids is 2. The Morgan fingerprint density at radius 3 is 1.16 bits per heavy atom. The van der Waals surface area contributed by atoms with E-state index in [1.54, 1.807) is 0 Å². The highest BCUT2D eigenvalue weighted by atomic mass is 31.2. The molecule has 1 unspecified atom stereocenters. The van der Waals surface area contributed by atoms with Crippen LogP contribution in [-0.2, 0) is 32.7 Å². The molecule has 0 aliphatic carbocycles. The molecule has 3 N–H and O–H groups in total. The molecule has 0 aromatic carbocycles. The molecule has 0 rings (SSSR count). The van der Waals surface area contributed by atoms with Crippen molar-refractivity contribution in [2.45, 2.75) is 206 Å². The summed E-state index contributed by atoms with van der Waals surface area (Å²) < 4.78 is 33.0. The molecule has 9 nitrogen and oxygen atoms in total. The fourth-order valence-electron chi connectivity index (χ4n) is 6.11. The maximum Gasteiger partial charge on any atom is 0.472 e. The predicted molar refractivity (Wildman–Crippen MR) is 206 cm³/mol. The summed E-state index contributed by atoms with van der Waals surface area (Å²) >= 11 is 0. The van der Waals surface area contributed by atoms with Gasteiger partial charge in [-0.2, -0.15) is 0 Å². The molecule has 0 saturated carbocycles. The van der Waals surface area contributed by atoms with Gasteiger partial charge in [-0.3, -0.25) is 18.6 Å². The zero-order chi connectivity index (χ0) is 36.8. The van der Waals surface area contributed by atoms with Gasteiger partial charge in [0.15, 0.2) is 0 Å². The van der Waals surface area contributed by atoms with Crippen molar-refractivity contribution in [2.24, 2.45) is 11.7 Å². The number of phosphoric ester groups is 1. The topological polar surface area (TPSA) is 134 Å². The maximum absolute atomic E-state index is 12.3. The summed E-state index contributed by atoms with van der Waals surface area (Å²) in [6.45, 7) is 4.79. The summed E-state index contributed by atoms with van der Waals surface area (Å²) in [5.41, 5.74) is 5.36. The Morgan fingerprint density at radius 2 is 0.840 bits per heavy atom. The first-order valence-corrected chi connectivity index (χ1v) is 22.5. The van der Waals surface area contributed by atoms with E-state index in [9.17, 15) is 19.0 Å². The molecule has 0 aliphatic rings. The molecule has 0 radical (unpaired) electrons. The van der Waals surface area contributed by atoms with Crippen LogP contribution in [0.5, 0.6) is 0 Å². The van der Waals surface area contributed by atoms with Crippen LogP contribution in [0.1, 0.15) is 206 Å². The highest BCUT2D eigenvalue weighted by Crippen LogP contribution is 2.43. The lowest BCUT2D eigenvalue weighted by Gasteiger charge is -2.19. The molecule has 0 fully saturated rings. The van der Waals surface area contributed by atoms with Gasteiger partial charge >= 0.3 is 19.8 Å². The van der Waals surface area contributed by atoms with Crippen LogP contribution in [-0.4, -0.2) is 49.8 Å². The van der Waals surface area contributed by atoms with Gasteiger partial charge in [0.25, 0.3) is 0 Å². The van der Waals surface area contributed by atoms with Crippen LogP contribution >= 0.6 is 7.82 Å². The van der Waals surface area contributed by atoms with Crippen molar-refractivity contribution in [1.29, 1.82) is 0 Å². The van der Waals surface area contributed by atoms with Gasteiger partial charge in [-0.05, 0) is 31.6 Å². The number of carbonyl (C=O) groups is 2. The molecule has 298 valence electrons. The number of rotatable bonds is 40. The van der Waals surface area contributed by atoms with Gasteiger partial charge in [0.1, 0.15) is 0 Å². The van der Waals surface area contributed by atoms with Crippen LogP contribution in [0.25, 0.3) is 0 Å². The molecule has 50 heavy (non-hydrogen) atoms. The Kier molecular flexibility index (Phi) is 37.0. The average molecular weight is 734 g/mol. The van der Waals surface area contributed by atoms with Crippen molar-refractivity contribution in [1.82, 2.24) is 0 Å². The molecule has 10 heteroatoms. The monoisotopic (exact) mass is 734 g/mol. The first-order valence-electron chi connectivity index (χ1n) is 21.0. The number of hydrogen-bond acceptors (Lipinski definition) is 8. The molecule has 0 bridgehead atoms. The molecule has 0 saturated heterocycles. The van der Waals surface area contributed by atoms with E-state index in [-0.39, 0.29) is 50.8 Å². The van der Waals surface area contributed by atoms with Gasteiger partial charge in [-0.15, -0.1) is 0 Å². The average Bonchev–Trinajstić information content (AvgIpc) is 3.10. The zero-order valence-electron chi connectivity index (χ0n) is 32.7. The third kappa shape index (κ3) is 36.8. The summed E-state index contributed by atoms with van der Waals surface area (Å²) in [7, 11) is -4.24. The second kappa shape index (κ2) is 37.8. The summed E-state index contributed by atoms with van der Waals surface area (Å²) in [6, 6.07) is 0. The molecule has 0 spiro atoms. The molecule has 0 aliphatic heterocycles. The molecule has 0 heterocycles. The highest BCUT2D eigenvalue weighted by Gasteiger charge is 2.23. The second-order valence-corrected chi connectivity index (χ2v) is 15.7. The fourth-order valence-corrected chi connectivity index (χ4v) is 6.92. The lowest BCUT2D eigenvalue weighted by Crippen LogP contribution is -2.18. The third-order valence-corrected chi connectivity index (χ3v) is 10.4. The van der Waals surface area contributed by atoms with Crippen molar-refractivity contribution >= 4 is 19.8 Å². The predicted octanol–water partition coefficient (Wildman–Crippen LogP) is 11.5. The van der Waals surface area contributed by atoms with E-state index in [2.05, 4.69) is 13.8 Å². The molecule has 0 aromatic rings. The van der Waals surface area contributed by atoms with Crippen LogP contribution in [0.2, 0.25) is 0 Å². The van der Waals surface area contributed by atoms with Crippen molar-refractivity contribution in [3.63, 3.8) is 0 Å². The minimum Gasteiger partial charge on any atom is -0.466 e. The third-order valence-electron chi connectivity index (χ3n) is 9.39. The number of phosphoric acid groups is 1. The lowest BCUT2D eigenvalue weighted by molar-refractivity contribution is -0.144. The van der Waals surface area contributed by atoms with Crippen molar-refractivity contribution in [3.05, 3.63) is 0 Å². The van der Waals surface area contributed by atoms with Gasteiger partial charge in [0.2, 0.25) is 0 Å². The Balaban J connectivity index is 4.11. The van der Waals surface area contributed by atoms with E-state index in [1.165, 1.54) is 128 Å². The quantitative estimate of drug-likeness (QED) is 0.0358. The standard InChI is InChI=1S/C40H80NO8P/c1-3-5-7-9-11-13-15-17-19-21-23-25-27-29-39(42)46-34-31-38(37-49-50(44,45)48-36-33-41)32-35-47-40(43)30-28-26-24-22-20-18-16-14-12-10-8-6-4-2/h38H,3-37,41H2,1-2H3,(H,44,45). The molecule has 0 aromatic heterocycles. The summed E-state index contributed by atoms with van der Waals surface area (Å²) in [5, 5.41) is 0. The van der Waals surface area contributed by atoms with E-state index >= 15 is 0 Å². The van der Waals surface area contributed by atoms with Gasteiger partial charge < -0.3 is 20.1 Å². The molecular weight excluding hydrogens is 653 g/mol. The first kappa shape index (κ1) is 49.0. The second-order valence-electron chi connectivity index (χ2n) is 14.3. The van der Waals surface area contributed by atoms with Crippen LogP contribution in [0, 0.1) is 5.92 Å². The fraction of sp³-hybridized carbons (Fsp3) is 0.950. The number of nitrogens with two attached hydrogens (primary N) is 1. The van der Waals surface area contributed by atoms with E-state index in [4.69, 9.17) is 24.3 Å². The molecular formula is C40H80NO8P. The summed E-state index contributed by atoms with van der Waals surface area (Å²) in [4.78, 5) is 34.5. The van der Waals surface area contributed by atoms with Gasteiger partial charge in [0.05, 0.1) is 26.4 Å². The minimum atomic E-state index is -4.24. The van der Waals surface area contributed by atoms with Gasteiger partial charge in [-0.25, -0.2) is 4.57 Å². The number of ether oxygens (including phenoxy) is 2. The molecule has 1 atom stereocenters. The first-order chi connectivity index (χ1) is 24.3. The van der Waals surface area contributed by atoms with Crippen LogP contribution in [0.3, 0.4) is 0 Å². The van der Waals surface area contributed by atoms with E-state index < -0.39 is 7.82 Å². The smallest absolute Gasteiger partial charge is 0.466 e. The summed E-state index contributed by atoms with van der Waals surface area (Å²) in [5.74, 6) is -0.697. The van der Waals surface area contributed by atoms with Gasteiger partial charge in [0, 0.05) is 19.4 Å². The van der Waals surface area contributed by atoms with E-state index in [1.807, 2.05) is 0 Å². The van der Waals surface area contributed by atoms with Crippen molar-refractivity contribution in [2.75, 3.05) is 33.0 Å². The Hall–Kier alpha value is -0.990. The van der Waals surface area contributed by atoms with E-state index in [0.717, 1.165) is 38.5 Å². The van der Waals surface area contributed by atoms with Crippen LogP contribution in [0.15, 0.2) is 0 Å². The van der Waals surface area contributed by atoms with E-state index in [0.29, 0.717) is 25.7 Å². The van der Waals surface area contributed by atoms with Crippen LogP contribution in [0.4, 0.5) is 0 Å². The van der Waals surface area contributed by atoms with Crippen molar-refractivity contribution < 1.29 is 37.6 Å². The Labute approximate surface area is 307 Å². The summed E-state index contributed by atoms with van der Waals surface area (Å²) in [6.07, 6.45) is 34.2. The maximum atomic E-state index is 12.3. The minimum absolute atomic E-state index is 0.0782. The normalized spacial score (nSPS) is 12.7. The lowest BCUT2D eigenvalue weighted by atomic mass is 10.0. The number of unbranched alkanes of at least 4 members (excludes halogenated alkanes) is 24. The zero-order valence-corrected chi connectivity index (χ0v) is 33.6.